The van der Waals surface area contributed by atoms with Gasteiger partial charge >= 0.3 is 11.7 Å². The number of hydrogen-bond donors (Lipinski definition) is 1. The van der Waals surface area contributed by atoms with Crippen molar-refractivity contribution in [3.63, 3.8) is 0 Å². The molecular weight excluding hydrogens is 458 g/mol. The summed E-state index contributed by atoms with van der Waals surface area (Å²) < 4.78 is 2.75. The zero-order valence-electron chi connectivity index (χ0n) is 20.1. The topological polar surface area (TPSA) is 119 Å². The van der Waals surface area contributed by atoms with Gasteiger partial charge in [-0.15, -0.1) is 0 Å². The highest BCUT2D eigenvalue weighted by atomic mass is 16.2. The number of carbonyl (C=O) groups excluding carboxylic acids is 2. The van der Waals surface area contributed by atoms with Crippen molar-refractivity contribution in [2.45, 2.75) is 19.9 Å². The molecule has 5 rings (SSSR count). The molecule has 2 N–H and O–H groups in total. The van der Waals surface area contributed by atoms with E-state index in [2.05, 4.69) is 10.1 Å². The van der Waals surface area contributed by atoms with Gasteiger partial charge in [-0.1, -0.05) is 18.2 Å². The molecule has 10 heteroatoms. The number of anilines is 2. The van der Waals surface area contributed by atoms with Gasteiger partial charge in [0.25, 0.3) is 0 Å². The van der Waals surface area contributed by atoms with Crippen molar-refractivity contribution in [3.05, 3.63) is 88.7 Å². The number of rotatable bonds is 5. The lowest BCUT2D eigenvalue weighted by molar-refractivity contribution is 0.1000. The maximum Gasteiger partial charge on any atom is 0.350 e. The number of primary amides is 1. The molecule has 182 valence electrons. The van der Waals surface area contributed by atoms with E-state index in [1.807, 2.05) is 44.2 Å². The van der Waals surface area contributed by atoms with Crippen LogP contribution in [0.4, 0.5) is 16.3 Å². The summed E-state index contributed by atoms with van der Waals surface area (Å²) in [5, 5.41) is 4.12. The van der Waals surface area contributed by atoms with Gasteiger partial charge in [0.1, 0.15) is 12.1 Å². The molecule has 0 saturated carbocycles. The summed E-state index contributed by atoms with van der Waals surface area (Å²) in [6.45, 7) is 4.33. The highest BCUT2D eigenvalue weighted by molar-refractivity contribution is 6.07. The van der Waals surface area contributed by atoms with Gasteiger partial charge in [-0.2, -0.15) is 9.78 Å². The lowest BCUT2D eigenvalue weighted by Gasteiger charge is -2.22. The molecule has 0 radical (unpaired) electrons. The van der Waals surface area contributed by atoms with Crippen LogP contribution in [0.3, 0.4) is 0 Å². The normalized spacial score (nSPS) is 15.5. The van der Waals surface area contributed by atoms with Gasteiger partial charge in [-0.05, 0) is 66.9 Å². The fraction of sp³-hybridized carbons (Fsp3) is 0.192. The van der Waals surface area contributed by atoms with E-state index in [9.17, 15) is 14.4 Å². The smallest absolute Gasteiger partial charge is 0.350 e. The fourth-order valence-electron chi connectivity index (χ4n) is 4.54. The van der Waals surface area contributed by atoms with Gasteiger partial charge in [-0.25, -0.2) is 14.6 Å². The zero-order valence-corrected chi connectivity index (χ0v) is 20.1. The predicted molar refractivity (Wildman–Crippen MR) is 136 cm³/mol. The third-order valence-electron chi connectivity index (χ3n) is 6.41. The first kappa shape index (κ1) is 23.0. The average Bonchev–Trinajstić information content (AvgIpc) is 3.36. The third kappa shape index (κ3) is 3.82. The molecule has 1 fully saturated rings. The lowest BCUT2D eigenvalue weighted by Crippen LogP contribution is -2.34. The van der Waals surface area contributed by atoms with Crippen LogP contribution in [-0.2, 0) is 7.05 Å². The van der Waals surface area contributed by atoms with Gasteiger partial charge in [-0.3, -0.25) is 19.2 Å². The van der Waals surface area contributed by atoms with Crippen LogP contribution in [0.15, 0.2) is 71.9 Å². The Kier molecular flexibility index (Phi) is 5.63. The molecule has 1 atom stereocenters. The van der Waals surface area contributed by atoms with Crippen LogP contribution < -0.4 is 21.2 Å². The Bertz CT molecular complexity index is 1540. The molecule has 0 spiro atoms. The maximum absolute atomic E-state index is 13.5. The van der Waals surface area contributed by atoms with Crippen molar-refractivity contribution in [1.82, 2.24) is 19.3 Å². The first-order valence-corrected chi connectivity index (χ1v) is 11.4. The van der Waals surface area contributed by atoms with Gasteiger partial charge in [0.15, 0.2) is 0 Å². The van der Waals surface area contributed by atoms with E-state index in [1.54, 1.807) is 47.3 Å². The number of amides is 3. The molecule has 36 heavy (non-hydrogen) atoms. The van der Waals surface area contributed by atoms with Crippen LogP contribution >= 0.6 is 0 Å². The van der Waals surface area contributed by atoms with E-state index in [0.29, 0.717) is 29.3 Å². The second-order valence-electron chi connectivity index (χ2n) is 8.82. The van der Waals surface area contributed by atoms with E-state index in [0.717, 1.165) is 16.7 Å². The molecule has 0 bridgehead atoms. The van der Waals surface area contributed by atoms with Crippen LogP contribution in [-0.4, -0.2) is 43.9 Å². The SMILES string of the molecule is Cc1c(-c2ccc(-n3ncn(C)c3=O)cc2)ccnc1N1C[C@H](C)N(c2cccc(C(N)=O)c2)C1=O. The van der Waals surface area contributed by atoms with Gasteiger partial charge in [0.05, 0.1) is 11.7 Å². The van der Waals surface area contributed by atoms with Crippen LogP contribution in [0.5, 0.6) is 0 Å². The standard InChI is InChI=1S/C26H25N7O3/c1-16-14-31(26(36)32(16)21-6-4-5-19(13-21)23(27)34)24-17(2)22(11-12-28-24)18-7-9-20(10-8-18)33-25(35)30(3)15-29-33/h4-13,15-16H,14H2,1-3H3,(H2,27,34)/t16-/m0/s1. The second kappa shape index (κ2) is 8.81. The molecule has 1 aliphatic heterocycles. The van der Waals surface area contributed by atoms with E-state index in [-0.39, 0.29) is 17.8 Å². The Labute approximate surface area is 207 Å². The van der Waals surface area contributed by atoms with Crippen LogP contribution in [0, 0.1) is 6.92 Å². The minimum absolute atomic E-state index is 0.138. The minimum Gasteiger partial charge on any atom is -0.366 e. The van der Waals surface area contributed by atoms with Crippen LogP contribution in [0.25, 0.3) is 16.8 Å². The number of nitrogens with zero attached hydrogens (tertiary/aromatic N) is 6. The van der Waals surface area contributed by atoms with Gasteiger partial charge < -0.3 is 5.73 Å². The first-order chi connectivity index (χ1) is 17.3. The molecule has 10 nitrogen and oxygen atoms in total. The number of hydrogen-bond acceptors (Lipinski definition) is 5. The highest BCUT2D eigenvalue weighted by Gasteiger charge is 2.38. The molecular formula is C26H25N7O3. The Morgan fingerprint density at radius 3 is 2.47 bits per heavy atom. The van der Waals surface area contributed by atoms with E-state index in [1.165, 1.54) is 15.6 Å². The molecule has 3 amide bonds. The highest BCUT2D eigenvalue weighted by Crippen LogP contribution is 2.34. The lowest BCUT2D eigenvalue weighted by atomic mass is 10.0. The van der Waals surface area contributed by atoms with Gasteiger partial charge in [0, 0.05) is 31.0 Å². The van der Waals surface area contributed by atoms with Crippen LogP contribution in [0.2, 0.25) is 0 Å². The molecule has 3 heterocycles. The molecule has 2 aromatic heterocycles. The number of carbonyl (C=O) groups is 2. The number of nitrogens with two attached hydrogens (primary N) is 1. The average molecular weight is 484 g/mol. The summed E-state index contributed by atoms with van der Waals surface area (Å²) in [7, 11) is 1.65. The number of pyridine rings is 1. The van der Waals surface area contributed by atoms with Crippen molar-refractivity contribution < 1.29 is 9.59 Å². The Hall–Kier alpha value is -4.73. The first-order valence-electron chi connectivity index (χ1n) is 11.4. The van der Waals surface area contributed by atoms with Crippen LogP contribution in [0.1, 0.15) is 22.8 Å². The van der Waals surface area contributed by atoms with E-state index >= 15 is 0 Å². The van der Waals surface area contributed by atoms with Crippen molar-refractivity contribution >= 4 is 23.4 Å². The summed E-state index contributed by atoms with van der Waals surface area (Å²) in [5.41, 5.74) is 9.53. The maximum atomic E-state index is 13.5. The number of aryl methyl sites for hydroxylation is 1. The fourth-order valence-corrected chi connectivity index (χ4v) is 4.54. The predicted octanol–water partition coefficient (Wildman–Crippen LogP) is 2.88. The Balaban J connectivity index is 1.46. The summed E-state index contributed by atoms with van der Waals surface area (Å²) in [4.78, 5) is 45.2. The Morgan fingerprint density at radius 1 is 1.06 bits per heavy atom. The third-order valence-corrected chi connectivity index (χ3v) is 6.41. The second-order valence-corrected chi connectivity index (χ2v) is 8.82. The molecule has 0 unspecified atom stereocenters. The van der Waals surface area contributed by atoms with E-state index < -0.39 is 5.91 Å². The number of aromatic nitrogens is 4. The molecule has 1 aliphatic rings. The molecule has 0 aliphatic carbocycles. The Morgan fingerprint density at radius 2 is 1.81 bits per heavy atom. The van der Waals surface area contributed by atoms with Crippen molar-refractivity contribution in [3.8, 4) is 16.8 Å². The molecule has 1 saturated heterocycles. The number of benzene rings is 2. The molecule has 2 aromatic carbocycles. The van der Waals surface area contributed by atoms with Crippen molar-refractivity contribution in [2.75, 3.05) is 16.3 Å². The zero-order chi connectivity index (χ0) is 25.6. The van der Waals surface area contributed by atoms with Crippen molar-refractivity contribution in [2.24, 2.45) is 12.8 Å². The minimum atomic E-state index is -0.544. The summed E-state index contributed by atoms with van der Waals surface area (Å²) in [6, 6.07) is 15.8. The summed E-state index contributed by atoms with van der Waals surface area (Å²) in [5.74, 6) is 0.0279. The summed E-state index contributed by atoms with van der Waals surface area (Å²) >= 11 is 0. The van der Waals surface area contributed by atoms with Crippen molar-refractivity contribution in [1.29, 1.82) is 0 Å². The monoisotopic (exact) mass is 483 g/mol. The van der Waals surface area contributed by atoms with E-state index in [4.69, 9.17) is 5.73 Å². The largest absolute Gasteiger partial charge is 0.366 e. The quantitative estimate of drug-likeness (QED) is 0.468. The summed E-state index contributed by atoms with van der Waals surface area (Å²) in [6.07, 6.45) is 3.15. The van der Waals surface area contributed by atoms with Gasteiger partial charge in [0.2, 0.25) is 5.91 Å². The number of urea groups is 1. The molecule has 4 aromatic rings.